The number of rotatable bonds is 3. The molecule has 0 aliphatic carbocycles. The van der Waals surface area contributed by atoms with Crippen LogP contribution < -0.4 is 5.32 Å². The molecule has 17 heavy (non-hydrogen) atoms. The van der Waals surface area contributed by atoms with Crippen LogP contribution in [-0.4, -0.2) is 22.7 Å². The monoisotopic (exact) mass is 234 g/mol. The lowest BCUT2D eigenvalue weighted by atomic mass is 9.87. The van der Waals surface area contributed by atoms with Gasteiger partial charge in [0.15, 0.2) is 0 Å². The highest BCUT2D eigenvalue weighted by molar-refractivity contribution is 5.15. The van der Waals surface area contributed by atoms with Gasteiger partial charge in [0.25, 0.3) is 0 Å². The minimum Gasteiger partial charge on any atom is -0.385 e. The molecule has 0 bridgehead atoms. The normalized spacial score (nSPS) is 26.8. The third-order valence-corrected chi connectivity index (χ3v) is 3.74. The first-order valence-electron chi connectivity index (χ1n) is 6.54. The van der Waals surface area contributed by atoms with E-state index in [1.807, 2.05) is 25.3 Å². The van der Waals surface area contributed by atoms with Crippen molar-refractivity contribution in [2.24, 2.45) is 5.92 Å². The Morgan fingerprint density at radius 1 is 1.53 bits per heavy atom. The van der Waals surface area contributed by atoms with Crippen LogP contribution in [0.5, 0.6) is 0 Å². The zero-order chi connectivity index (χ0) is 12.3. The number of piperidine rings is 1. The van der Waals surface area contributed by atoms with Gasteiger partial charge in [-0.1, -0.05) is 19.4 Å². The molecular weight excluding hydrogens is 212 g/mol. The number of aromatic nitrogens is 1. The van der Waals surface area contributed by atoms with Crippen molar-refractivity contribution in [1.82, 2.24) is 10.3 Å². The molecule has 2 rings (SSSR count). The molecule has 1 saturated heterocycles. The number of aliphatic hydroxyl groups excluding tert-OH is 1. The molecule has 0 saturated carbocycles. The van der Waals surface area contributed by atoms with Crippen molar-refractivity contribution < 1.29 is 5.11 Å². The van der Waals surface area contributed by atoms with Crippen molar-refractivity contribution in [3.05, 3.63) is 29.6 Å². The quantitative estimate of drug-likeness (QED) is 0.842. The summed E-state index contributed by atoms with van der Waals surface area (Å²) in [6.45, 7) is 5.24. The molecule has 1 fully saturated rings. The van der Waals surface area contributed by atoms with Crippen LogP contribution in [0.1, 0.15) is 43.5 Å². The smallest absolute Gasteiger partial charge is 0.111 e. The first-order chi connectivity index (χ1) is 8.20. The van der Waals surface area contributed by atoms with E-state index >= 15 is 0 Å². The van der Waals surface area contributed by atoms with Crippen molar-refractivity contribution in [3.8, 4) is 0 Å². The Balaban J connectivity index is 2.03. The second-order valence-corrected chi connectivity index (χ2v) is 5.06. The van der Waals surface area contributed by atoms with E-state index in [-0.39, 0.29) is 6.04 Å². The molecule has 1 aromatic heterocycles. The van der Waals surface area contributed by atoms with Crippen molar-refractivity contribution >= 4 is 0 Å². The molecule has 1 aliphatic heterocycles. The number of nitrogens with zero attached hydrogens (tertiary/aromatic N) is 1. The standard InChI is InChI=1S/C14H22N2O/c1-3-11-6-7-15-13(8-11)14(17)12-5-4-10(2)9-16-12/h4-5,9,11,13-15,17H,3,6-8H2,1-2H3. The minimum atomic E-state index is -0.482. The summed E-state index contributed by atoms with van der Waals surface area (Å²) >= 11 is 0. The van der Waals surface area contributed by atoms with Crippen LogP contribution in [0.3, 0.4) is 0 Å². The molecule has 0 radical (unpaired) electrons. The van der Waals surface area contributed by atoms with Gasteiger partial charge in [0.1, 0.15) is 6.10 Å². The van der Waals surface area contributed by atoms with Crippen molar-refractivity contribution in [1.29, 1.82) is 0 Å². The zero-order valence-electron chi connectivity index (χ0n) is 10.7. The van der Waals surface area contributed by atoms with Gasteiger partial charge in [-0.25, -0.2) is 0 Å². The summed E-state index contributed by atoms with van der Waals surface area (Å²) in [6, 6.07) is 4.09. The fourth-order valence-corrected chi connectivity index (χ4v) is 2.50. The van der Waals surface area contributed by atoms with E-state index in [1.165, 1.54) is 12.8 Å². The first-order valence-corrected chi connectivity index (χ1v) is 6.54. The SMILES string of the molecule is CCC1CCNC(C(O)c2ccc(C)cn2)C1. The average molecular weight is 234 g/mol. The van der Waals surface area contributed by atoms with E-state index in [1.54, 1.807) is 0 Å². The molecule has 0 aromatic carbocycles. The van der Waals surface area contributed by atoms with Crippen LogP contribution >= 0.6 is 0 Å². The number of hydrogen-bond donors (Lipinski definition) is 2. The summed E-state index contributed by atoms with van der Waals surface area (Å²) < 4.78 is 0. The lowest BCUT2D eigenvalue weighted by Crippen LogP contribution is -2.42. The van der Waals surface area contributed by atoms with Gasteiger partial charge in [-0.3, -0.25) is 4.98 Å². The Labute approximate surface area is 103 Å². The van der Waals surface area contributed by atoms with E-state index in [0.717, 1.165) is 30.1 Å². The summed E-state index contributed by atoms with van der Waals surface area (Å²) in [5.74, 6) is 0.737. The zero-order valence-corrected chi connectivity index (χ0v) is 10.7. The Morgan fingerprint density at radius 2 is 2.35 bits per heavy atom. The number of pyridine rings is 1. The molecule has 2 N–H and O–H groups in total. The van der Waals surface area contributed by atoms with E-state index in [0.29, 0.717) is 0 Å². The summed E-state index contributed by atoms with van der Waals surface area (Å²) in [4.78, 5) is 4.31. The van der Waals surface area contributed by atoms with Crippen molar-refractivity contribution in [2.75, 3.05) is 6.54 Å². The molecule has 0 amide bonds. The number of aryl methyl sites for hydroxylation is 1. The van der Waals surface area contributed by atoms with Crippen molar-refractivity contribution in [2.45, 2.75) is 45.3 Å². The Kier molecular flexibility index (Phi) is 4.13. The third-order valence-electron chi connectivity index (χ3n) is 3.74. The predicted molar refractivity (Wildman–Crippen MR) is 68.7 cm³/mol. The molecule has 3 unspecified atom stereocenters. The maximum absolute atomic E-state index is 10.3. The number of nitrogens with one attached hydrogen (secondary N) is 1. The fraction of sp³-hybridized carbons (Fsp3) is 0.643. The van der Waals surface area contributed by atoms with Crippen LogP contribution in [0.25, 0.3) is 0 Å². The average Bonchev–Trinajstić information content (AvgIpc) is 2.39. The predicted octanol–water partition coefficient (Wildman–Crippen LogP) is 2.20. The van der Waals surface area contributed by atoms with Crippen LogP contribution in [0, 0.1) is 12.8 Å². The summed E-state index contributed by atoms with van der Waals surface area (Å²) in [5.41, 5.74) is 1.91. The molecule has 1 aliphatic rings. The maximum Gasteiger partial charge on any atom is 0.111 e. The third kappa shape index (κ3) is 3.05. The van der Waals surface area contributed by atoms with Gasteiger partial charge in [-0.2, -0.15) is 0 Å². The van der Waals surface area contributed by atoms with Gasteiger partial charge in [-0.15, -0.1) is 0 Å². The molecule has 3 atom stereocenters. The summed E-state index contributed by atoms with van der Waals surface area (Å²) in [7, 11) is 0. The highest BCUT2D eigenvalue weighted by Crippen LogP contribution is 2.26. The Bertz CT molecular complexity index is 350. The highest BCUT2D eigenvalue weighted by atomic mass is 16.3. The van der Waals surface area contributed by atoms with Gasteiger partial charge in [0.05, 0.1) is 5.69 Å². The maximum atomic E-state index is 10.3. The van der Waals surface area contributed by atoms with Crippen LogP contribution in [-0.2, 0) is 0 Å². The van der Waals surface area contributed by atoms with Gasteiger partial charge in [-0.05, 0) is 43.9 Å². The molecule has 3 nitrogen and oxygen atoms in total. The number of hydrogen-bond acceptors (Lipinski definition) is 3. The second kappa shape index (κ2) is 5.61. The lowest BCUT2D eigenvalue weighted by molar-refractivity contribution is 0.0944. The van der Waals surface area contributed by atoms with Gasteiger partial charge >= 0.3 is 0 Å². The van der Waals surface area contributed by atoms with Gasteiger partial charge in [0.2, 0.25) is 0 Å². The van der Waals surface area contributed by atoms with Crippen LogP contribution in [0.4, 0.5) is 0 Å². The molecule has 0 spiro atoms. The van der Waals surface area contributed by atoms with Crippen LogP contribution in [0.15, 0.2) is 18.3 Å². The van der Waals surface area contributed by atoms with E-state index < -0.39 is 6.10 Å². The van der Waals surface area contributed by atoms with E-state index in [9.17, 15) is 5.11 Å². The summed E-state index contributed by atoms with van der Waals surface area (Å²) in [6.07, 6.45) is 4.81. The minimum absolute atomic E-state index is 0.156. The topological polar surface area (TPSA) is 45.1 Å². The molecular formula is C14H22N2O. The fourth-order valence-electron chi connectivity index (χ4n) is 2.50. The van der Waals surface area contributed by atoms with Gasteiger partial charge in [0, 0.05) is 12.2 Å². The van der Waals surface area contributed by atoms with Crippen molar-refractivity contribution in [3.63, 3.8) is 0 Å². The Hall–Kier alpha value is -0.930. The molecule has 94 valence electrons. The second-order valence-electron chi connectivity index (χ2n) is 5.06. The van der Waals surface area contributed by atoms with Gasteiger partial charge < -0.3 is 10.4 Å². The van der Waals surface area contributed by atoms with Crippen LogP contribution in [0.2, 0.25) is 0 Å². The number of aliphatic hydroxyl groups is 1. The lowest BCUT2D eigenvalue weighted by Gasteiger charge is -2.32. The summed E-state index contributed by atoms with van der Waals surface area (Å²) in [5, 5.41) is 13.7. The molecule has 1 aromatic rings. The molecule has 3 heteroatoms. The largest absolute Gasteiger partial charge is 0.385 e. The highest BCUT2D eigenvalue weighted by Gasteiger charge is 2.27. The molecule has 2 heterocycles. The van der Waals surface area contributed by atoms with E-state index in [4.69, 9.17) is 0 Å². The first kappa shape index (κ1) is 12.5. The Morgan fingerprint density at radius 3 is 3.00 bits per heavy atom. The van der Waals surface area contributed by atoms with E-state index in [2.05, 4.69) is 17.2 Å².